The standard InChI is InChI=1S/C21H25N3/c1-2-6-16-11-12-24(14-16)15-18-13-22-21-19(18)9-10-20(23-21)17-7-4-3-5-8-17/h3-5,7-10,13,16H,2,6,11-12,14-15H2,1H3,(H,22,23). The molecule has 0 amide bonds. The van der Waals surface area contributed by atoms with Gasteiger partial charge in [-0.2, -0.15) is 0 Å². The van der Waals surface area contributed by atoms with Gasteiger partial charge in [0.25, 0.3) is 0 Å². The number of rotatable bonds is 5. The summed E-state index contributed by atoms with van der Waals surface area (Å²) in [5.74, 6) is 0.892. The van der Waals surface area contributed by atoms with Crippen LogP contribution < -0.4 is 0 Å². The first-order valence-corrected chi connectivity index (χ1v) is 9.08. The molecule has 0 radical (unpaired) electrons. The third-order valence-corrected chi connectivity index (χ3v) is 5.15. The number of fused-ring (bicyclic) bond motifs is 1. The molecule has 3 nitrogen and oxygen atoms in total. The van der Waals surface area contributed by atoms with Crippen LogP contribution in [0.25, 0.3) is 22.3 Å². The molecule has 1 aromatic carbocycles. The fourth-order valence-corrected chi connectivity index (χ4v) is 3.90. The zero-order valence-electron chi connectivity index (χ0n) is 14.3. The summed E-state index contributed by atoms with van der Waals surface area (Å²) in [6.07, 6.45) is 6.16. The zero-order valence-corrected chi connectivity index (χ0v) is 14.3. The van der Waals surface area contributed by atoms with Crippen molar-refractivity contribution in [2.75, 3.05) is 13.1 Å². The number of aromatic nitrogens is 2. The summed E-state index contributed by atoms with van der Waals surface area (Å²) >= 11 is 0. The molecule has 124 valence electrons. The summed E-state index contributed by atoms with van der Waals surface area (Å²) < 4.78 is 0. The number of nitrogens with zero attached hydrogens (tertiary/aromatic N) is 2. The van der Waals surface area contributed by atoms with Gasteiger partial charge in [-0.05, 0) is 43.0 Å². The number of benzene rings is 1. The number of pyridine rings is 1. The normalized spacial score (nSPS) is 18.5. The summed E-state index contributed by atoms with van der Waals surface area (Å²) in [6, 6.07) is 14.7. The minimum absolute atomic E-state index is 0.892. The highest BCUT2D eigenvalue weighted by Gasteiger charge is 2.22. The van der Waals surface area contributed by atoms with Gasteiger partial charge >= 0.3 is 0 Å². The third kappa shape index (κ3) is 3.09. The van der Waals surface area contributed by atoms with E-state index in [1.54, 1.807) is 0 Å². The van der Waals surface area contributed by atoms with Crippen LogP contribution in [0.1, 0.15) is 31.7 Å². The lowest BCUT2D eigenvalue weighted by molar-refractivity contribution is 0.314. The highest BCUT2D eigenvalue weighted by Crippen LogP contribution is 2.26. The maximum absolute atomic E-state index is 4.81. The monoisotopic (exact) mass is 319 g/mol. The molecule has 1 atom stereocenters. The van der Waals surface area contributed by atoms with Crippen LogP contribution in [0.2, 0.25) is 0 Å². The van der Waals surface area contributed by atoms with E-state index in [1.165, 1.54) is 43.3 Å². The van der Waals surface area contributed by atoms with Gasteiger partial charge in [0.05, 0.1) is 5.69 Å². The first-order chi connectivity index (χ1) is 11.8. The Morgan fingerprint density at radius 1 is 1.17 bits per heavy atom. The Hall–Kier alpha value is -2.13. The molecule has 2 aromatic heterocycles. The van der Waals surface area contributed by atoms with Crippen molar-refractivity contribution in [2.24, 2.45) is 5.92 Å². The number of aromatic amines is 1. The predicted octanol–water partition coefficient (Wildman–Crippen LogP) is 4.85. The quantitative estimate of drug-likeness (QED) is 0.729. The van der Waals surface area contributed by atoms with Crippen molar-refractivity contribution >= 4 is 11.0 Å². The lowest BCUT2D eigenvalue weighted by Crippen LogP contribution is -2.19. The number of hydrogen-bond acceptors (Lipinski definition) is 2. The summed E-state index contributed by atoms with van der Waals surface area (Å²) in [5.41, 5.74) is 4.56. The maximum Gasteiger partial charge on any atom is 0.138 e. The summed E-state index contributed by atoms with van der Waals surface area (Å²) in [6.45, 7) is 5.80. The number of hydrogen-bond donors (Lipinski definition) is 1. The average molecular weight is 319 g/mol. The van der Waals surface area contributed by atoms with E-state index in [-0.39, 0.29) is 0 Å². The smallest absolute Gasteiger partial charge is 0.138 e. The fraction of sp³-hybridized carbons (Fsp3) is 0.381. The molecule has 0 spiro atoms. The molecular formula is C21H25N3. The average Bonchev–Trinajstić information content (AvgIpc) is 3.23. The van der Waals surface area contributed by atoms with Crippen LogP contribution in [0.3, 0.4) is 0 Å². The summed E-state index contributed by atoms with van der Waals surface area (Å²) in [5, 5.41) is 1.26. The van der Waals surface area contributed by atoms with E-state index < -0.39 is 0 Å². The first kappa shape index (κ1) is 15.4. The van der Waals surface area contributed by atoms with Crippen molar-refractivity contribution in [3.05, 3.63) is 54.2 Å². The second kappa shape index (κ2) is 6.78. The predicted molar refractivity (Wildman–Crippen MR) is 99.8 cm³/mol. The van der Waals surface area contributed by atoms with Gasteiger partial charge in [0.15, 0.2) is 0 Å². The molecule has 1 N–H and O–H groups in total. The van der Waals surface area contributed by atoms with Crippen molar-refractivity contribution < 1.29 is 0 Å². The molecule has 3 heterocycles. The van der Waals surface area contributed by atoms with E-state index in [2.05, 4.69) is 59.4 Å². The molecule has 24 heavy (non-hydrogen) atoms. The van der Waals surface area contributed by atoms with E-state index >= 15 is 0 Å². The molecule has 3 heteroatoms. The fourth-order valence-electron chi connectivity index (χ4n) is 3.90. The third-order valence-electron chi connectivity index (χ3n) is 5.15. The lowest BCUT2D eigenvalue weighted by Gasteiger charge is -2.15. The first-order valence-electron chi connectivity index (χ1n) is 9.08. The van der Waals surface area contributed by atoms with E-state index in [0.717, 1.165) is 29.4 Å². The molecule has 1 unspecified atom stereocenters. The highest BCUT2D eigenvalue weighted by atomic mass is 15.1. The van der Waals surface area contributed by atoms with E-state index in [9.17, 15) is 0 Å². The zero-order chi connectivity index (χ0) is 16.4. The molecule has 1 aliphatic rings. The second-order valence-corrected chi connectivity index (χ2v) is 6.95. The molecule has 1 fully saturated rings. The van der Waals surface area contributed by atoms with Crippen LogP contribution in [-0.4, -0.2) is 28.0 Å². The van der Waals surface area contributed by atoms with Crippen molar-refractivity contribution in [3.8, 4) is 11.3 Å². The van der Waals surface area contributed by atoms with Gasteiger partial charge in [-0.15, -0.1) is 0 Å². The number of likely N-dealkylation sites (tertiary alicyclic amines) is 1. The minimum atomic E-state index is 0.892. The van der Waals surface area contributed by atoms with Gasteiger partial charge in [0, 0.05) is 30.2 Å². The Morgan fingerprint density at radius 3 is 2.88 bits per heavy atom. The summed E-state index contributed by atoms with van der Waals surface area (Å²) in [4.78, 5) is 10.8. The van der Waals surface area contributed by atoms with Crippen molar-refractivity contribution in [2.45, 2.75) is 32.7 Å². The van der Waals surface area contributed by atoms with Gasteiger partial charge < -0.3 is 4.98 Å². The second-order valence-electron chi connectivity index (χ2n) is 6.95. The topological polar surface area (TPSA) is 31.9 Å². The number of nitrogens with one attached hydrogen (secondary N) is 1. The Morgan fingerprint density at radius 2 is 2.04 bits per heavy atom. The van der Waals surface area contributed by atoms with Crippen LogP contribution in [0, 0.1) is 5.92 Å². The maximum atomic E-state index is 4.81. The minimum Gasteiger partial charge on any atom is -0.346 e. The van der Waals surface area contributed by atoms with E-state index in [4.69, 9.17) is 4.98 Å². The van der Waals surface area contributed by atoms with Crippen LogP contribution in [0.5, 0.6) is 0 Å². The van der Waals surface area contributed by atoms with E-state index in [0.29, 0.717) is 0 Å². The molecule has 0 bridgehead atoms. The Labute approximate surface area is 143 Å². The Balaban J connectivity index is 1.53. The number of H-pyrrole nitrogens is 1. The largest absolute Gasteiger partial charge is 0.346 e. The van der Waals surface area contributed by atoms with Gasteiger partial charge in [-0.25, -0.2) is 4.98 Å². The van der Waals surface area contributed by atoms with Crippen molar-refractivity contribution in [1.82, 2.24) is 14.9 Å². The van der Waals surface area contributed by atoms with Crippen LogP contribution in [0.4, 0.5) is 0 Å². The molecular weight excluding hydrogens is 294 g/mol. The lowest BCUT2D eigenvalue weighted by atomic mass is 10.0. The van der Waals surface area contributed by atoms with Gasteiger partial charge in [0.1, 0.15) is 5.65 Å². The molecule has 4 rings (SSSR count). The van der Waals surface area contributed by atoms with Gasteiger partial charge in [-0.3, -0.25) is 4.90 Å². The Kier molecular flexibility index (Phi) is 4.35. The van der Waals surface area contributed by atoms with E-state index in [1.807, 2.05) is 6.07 Å². The molecule has 1 aliphatic heterocycles. The van der Waals surface area contributed by atoms with Gasteiger partial charge in [0.2, 0.25) is 0 Å². The molecule has 0 aliphatic carbocycles. The van der Waals surface area contributed by atoms with Crippen LogP contribution >= 0.6 is 0 Å². The SMILES string of the molecule is CCCC1CCN(Cc2c[nH]c3nc(-c4ccccc4)ccc23)C1. The van der Waals surface area contributed by atoms with Crippen LogP contribution in [-0.2, 0) is 6.54 Å². The molecule has 3 aromatic rings. The van der Waals surface area contributed by atoms with Gasteiger partial charge in [-0.1, -0.05) is 43.7 Å². The van der Waals surface area contributed by atoms with Crippen molar-refractivity contribution in [3.63, 3.8) is 0 Å². The molecule has 0 saturated carbocycles. The highest BCUT2D eigenvalue weighted by molar-refractivity contribution is 5.82. The summed E-state index contributed by atoms with van der Waals surface area (Å²) in [7, 11) is 0. The van der Waals surface area contributed by atoms with Crippen molar-refractivity contribution in [1.29, 1.82) is 0 Å². The van der Waals surface area contributed by atoms with Crippen LogP contribution in [0.15, 0.2) is 48.7 Å². The molecule has 1 saturated heterocycles. The Bertz CT molecular complexity index is 806.